The van der Waals surface area contributed by atoms with Gasteiger partial charge in [-0.2, -0.15) is 4.31 Å². The molecular weight excluding hydrogens is 489 g/mol. The molecule has 35 heavy (non-hydrogen) atoms. The molecule has 0 saturated heterocycles. The van der Waals surface area contributed by atoms with Gasteiger partial charge in [-0.1, -0.05) is 24.3 Å². The zero-order chi connectivity index (χ0) is 25.6. The molecule has 186 valence electrons. The number of sulfonamides is 1. The van der Waals surface area contributed by atoms with Crippen molar-refractivity contribution in [3.8, 4) is 17.2 Å². The van der Waals surface area contributed by atoms with E-state index in [4.69, 9.17) is 14.6 Å². The first-order valence-electron chi connectivity index (χ1n) is 10.1. The molecule has 0 radical (unpaired) electrons. The molecule has 1 aliphatic heterocycles. The fourth-order valence-electron chi connectivity index (χ4n) is 3.35. The molecule has 1 aliphatic rings. The van der Waals surface area contributed by atoms with E-state index in [0.29, 0.717) is 25.3 Å². The van der Waals surface area contributed by atoms with Gasteiger partial charge in [0, 0.05) is 13.1 Å². The Hall–Kier alpha value is -3.77. The number of hydrogen-bond donors (Lipinski definition) is 2. The van der Waals surface area contributed by atoms with E-state index in [1.54, 1.807) is 0 Å². The molecule has 0 aromatic heterocycles. The van der Waals surface area contributed by atoms with Crippen LogP contribution in [-0.2, 0) is 23.0 Å². The molecule has 3 N–H and O–H groups in total. The Kier molecular flexibility index (Phi) is 7.87. The largest absolute Gasteiger partial charge is 0.573 e. The molecule has 3 aromatic carbocycles. The topological polar surface area (TPSA) is 119 Å². The summed E-state index contributed by atoms with van der Waals surface area (Å²) in [6.07, 6.45) is -5.44. The maximum absolute atomic E-state index is 13.0. The minimum atomic E-state index is -4.76. The van der Waals surface area contributed by atoms with Gasteiger partial charge in [0.05, 0.1) is 4.90 Å². The van der Waals surface area contributed by atoms with Crippen molar-refractivity contribution in [2.45, 2.75) is 24.2 Å². The number of nitrogens with zero attached hydrogens (tertiary/aromatic N) is 1. The third-order valence-corrected chi connectivity index (χ3v) is 6.71. The van der Waals surface area contributed by atoms with Crippen molar-refractivity contribution in [3.05, 3.63) is 83.9 Å². The molecule has 1 amide bonds. The van der Waals surface area contributed by atoms with Crippen molar-refractivity contribution in [1.82, 2.24) is 4.31 Å². The van der Waals surface area contributed by atoms with E-state index >= 15 is 0 Å². The first kappa shape index (κ1) is 25.8. The molecule has 4 rings (SSSR count). The SMILES string of the molecule is NC(=O)O.O=S(=O)(c1ccc(Oc2ccc(OC(F)(F)F)cc2)cc1)N1CCc2ccccc2C1. The minimum Gasteiger partial charge on any atom is -0.465 e. The number of amides is 1. The highest BCUT2D eigenvalue weighted by Gasteiger charge is 2.31. The number of nitrogens with two attached hydrogens (primary N) is 1. The molecule has 0 aliphatic carbocycles. The molecule has 8 nitrogen and oxygen atoms in total. The highest BCUT2D eigenvalue weighted by molar-refractivity contribution is 7.89. The summed E-state index contributed by atoms with van der Waals surface area (Å²) in [7, 11) is -3.66. The molecular formula is C23H21F3N2O6S. The molecule has 0 fully saturated rings. The van der Waals surface area contributed by atoms with E-state index in [2.05, 4.69) is 10.5 Å². The van der Waals surface area contributed by atoms with Crippen LogP contribution in [0.4, 0.5) is 18.0 Å². The van der Waals surface area contributed by atoms with Crippen molar-refractivity contribution in [2.75, 3.05) is 6.54 Å². The van der Waals surface area contributed by atoms with E-state index in [9.17, 15) is 21.6 Å². The lowest BCUT2D eigenvalue weighted by Crippen LogP contribution is -2.35. The zero-order valence-electron chi connectivity index (χ0n) is 18.1. The van der Waals surface area contributed by atoms with Crippen molar-refractivity contribution < 1.29 is 41.0 Å². The average Bonchev–Trinajstić information content (AvgIpc) is 2.79. The second-order valence-corrected chi connectivity index (χ2v) is 9.23. The summed E-state index contributed by atoms with van der Waals surface area (Å²) in [6.45, 7) is 0.729. The summed E-state index contributed by atoms with van der Waals surface area (Å²) in [5.74, 6) is 0.287. The summed E-state index contributed by atoms with van der Waals surface area (Å²) < 4.78 is 73.5. The van der Waals surface area contributed by atoms with Crippen LogP contribution in [-0.4, -0.2) is 36.8 Å². The summed E-state index contributed by atoms with van der Waals surface area (Å²) in [5, 5.41) is 7.19. The van der Waals surface area contributed by atoms with Crippen molar-refractivity contribution in [1.29, 1.82) is 0 Å². The highest BCUT2D eigenvalue weighted by atomic mass is 32.2. The summed E-state index contributed by atoms with van der Waals surface area (Å²) in [5.41, 5.74) is 6.18. The number of ether oxygens (including phenoxy) is 2. The number of benzene rings is 3. The fraction of sp³-hybridized carbons (Fsp3) is 0.174. The molecule has 0 unspecified atom stereocenters. The maximum Gasteiger partial charge on any atom is 0.573 e. The number of rotatable bonds is 5. The number of alkyl halides is 3. The van der Waals surface area contributed by atoms with Crippen LogP contribution in [0.1, 0.15) is 11.1 Å². The highest BCUT2D eigenvalue weighted by Crippen LogP contribution is 2.29. The maximum atomic E-state index is 13.0. The number of carboxylic acid groups (broad SMARTS) is 1. The Bertz CT molecular complexity index is 1260. The molecule has 0 spiro atoms. The standard InChI is InChI=1S/C22H18F3NO4S.CH3NO2/c23-22(24,25)30-20-7-5-18(6-8-20)29-19-9-11-21(12-10-19)31(27,28)26-14-13-16-3-1-2-4-17(16)15-26;2-1(3)4/h1-12H,13-15H2;2H2,(H,3,4). The van der Waals surface area contributed by atoms with Gasteiger partial charge < -0.3 is 20.3 Å². The van der Waals surface area contributed by atoms with Gasteiger partial charge in [-0.3, -0.25) is 0 Å². The molecule has 12 heteroatoms. The predicted octanol–water partition coefficient (Wildman–Crippen LogP) is 4.75. The van der Waals surface area contributed by atoms with Crippen LogP contribution in [0.15, 0.2) is 77.7 Å². The number of halogens is 3. The van der Waals surface area contributed by atoms with Crippen LogP contribution in [0.2, 0.25) is 0 Å². The van der Waals surface area contributed by atoms with Crippen LogP contribution in [0.5, 0.6) is 17.2 Å². The normalized spacial score (nSPS) is 13.7. The summed E-state index contributed by atoms with van der Waals surface area (Å²) >= 11 is 0. The molecule has 0 atom stereocenters. The first-order valence-corrected chi connectivity index (χ1v) is 11.6. The summed E-state index contributed by atoms with van der Waals surface area (Å²) in [6, 6.07) is 18.6. The Labute approximate surface area is 199 Å². The lowest BCUT2D eigenvalue weighted by Gasteiger charge is -2.28. The van der Waals surface area contributed by atoms with E-state index in [1.165, 1.54) is 40.7 Å². The second kappa shape index (κ2) is 10.7. The van der Waals surface area contributed by atoms with Gasteiger partial charge in [0.15, 0.2) is 0 Å². The Balaban J connectivity index is 0.000000795. The number of hydrogen-bond acceptors (Lipinski definition) is 5. The van der Waals surface area contributed by atoms with Gasteiger partial charge in [0.1, 0.15) is 17.2 Å². The van der Waals surface area contributed by atoms with Gasteiger partial charge in [0.25, 0.3) is 0 Å². The Morgan fingerprint density at radius 3 is 1.91 bits per heavy atom. The molecule has 0 saturated carbocycles. The fourth-order valence-corrected chi connectivity index (χ4v) is 4.77. The Morgan fingerprint density at radius 1 is 0.886 bits per heavy atom. The second-order valence-electron chi connectivity index (χ2n) is 7.29. The van der Waals surface area contributed by atoms with E-state index in [1.807, 2.05) is 24.3 Å². The van der Waals surface area contributed by atoms with Crippen LogP contribution in [0, 0.1) is 0 Å². The van der Waals surface area contributed by atoms with Crippen LogP contribution in [0.25, 0.3) is 0 Å². The average molecular weight is 510 g/mol. The van der Waals surface area contributed by atoms with Crippen LogP contribution in [0.3, 0.4) is 0 Å². The van der Waals surface area contributed by atoms with Crippen LogP contribution >= 0.6 is 0 Å². The predicted molar refractivity (Wildman–Crippen MR) is 120 cm³/mol. The van der Waals surface area contributed by atoms with Crippen molar-refractivity contribution in [3.63, 3.8) is 0 Å². The van der Waals surface area contributed by atoms with E-state index in [0.717, 1.165) is 23.3 Å². The molecule has 3 aromatic rings. The van der Waals surface area contributed by atoms with Gasteiger partial charge >= 0.3 is 12.5 Å². The van der Waals surface area contributed by atoms with Crippen molar-refractivity contribution >= 4 is 16.1 Å². The third kappa shape index (κ3) is 7.36. The number of primary amides is 1. The van der Waals surface area contributed by atoms with Gasteiger partial charge in [-0.05, 0) is 66.1 Å². The quantitative estimate of drug-likeness (QED) is 0.512. The van der Waals surface area contributed by atoms with Gasteiger partial charge in [-0.25, -0.2) is 13.2 Å². The zero-order valence-corrected chi connectivity index (χ0v) is 18.9. The number of carbonyl (C=O) groups is 1. The number of fused-ring (bicyclic) bond motifs is 1. The summed E-state index contributed by atoms with van der Waals surface area (Å²) in [4.78, 5) is 8.92. The van der Waals surface area contributed by atoms with E-state index < -0.39 is 22.5 Å². The van der Waals surface area contributed by atoms with Gasteiger partial charge in [0.2, 0.25) is 10.0 Å². The molecule has 0 bridgehead atoms. The molecule has 1 heterocycles. The monoisotopic (exact) mass is 510 g/mol. The minimum absolute atomic E-state index is 0.146. The van der Waals surface area contributed by atoms with Gasteiger partial charge in [-0.15, -0.1) is 13.2 Å². The first-order chi connectivity index (χ1) is 16.4. The van der Waals surface area contributed by atoms with Crippen LogP contribution < -0.4 is 15.2 Å². The Morgan fingerprint density at radius 2 is 1.37 bits per heavy atom. The van der Waals surface area contributed by atoms with Crippen molar-refractivity contribution in [2.24, 2.45) is 5.73 Å². The lowest BCUT2D eigenvalue weighted by molar-refractivity contribution is -0.274. The third-order valence-electron chi connectivity index (χ3n) is 4.85. The lowest BCUT2D eigenvalue weighted by atomic mass is 10.0. The van der Waals surface area contributed by atoms with E-state index in [-0.39, 0.29) is 16.4 Å². The smallest absolute Gasteiger partial charge is 0.465 e.